The first kappa shape index (κ1) is 23.1. The Hall–Kier alpha value is -2.61. The van der Waals surface area contributed by atoms with Gasteiger partial charge in [-0.25, -0.2) is 4.79 Å². The van der Waals surface area contributed by atoms with Crippen LogP contribution < -0.4 is 10.6 Å². The minimum Gasteiger partial charge on any atom is -0.444 e. The van der Waals surface area contributed by atoms with Gasteiger partial charge in [0.1, 0.15) is 11.6 Å². The Morgan fingerprint density at radius 1 is 1.32 bits per heavy atom. The van der Waals surface area contributed by atoms with Crippen LogP contribution in [0.4, 0.5) is 4.79 Å². The second kappa shape index (κ2) is 8.49. The molecule has 4 amide bonds. The van der Waals surface area contributed by atoms with Gasteiger partial charge >= 0.3 is 6.09 Å². The molecule has 1 aliphatic carbocycles. The maximum Gasteiger partial charge on any atom is 0.408 e. The van der Waals surface area contributed by atoms with E-state index in [1.165, 1.54) is 4.90 Å². The predicted molar refractivity (Wildman–Crippen MR) is 115 cm³/mol. The highest BCUT2D eigenvalue weighted by molar-refractivity contribution is 6.32. The van der Waals surface area contributed by atoms with Crippen LogP contribution in [-0.2, 0) is 26.4 Å². The van der Waals surface area contributed by atoms with Crippen LogP contribution in [0.1, 0.15) is 74.9 Å². The van der Waals surface area contributed by atoms with Crippen molar-refractivity contribution in [3.8, 4) is 0 Å². The largest absolute Gasteiger partial charge is 0.444 e. The highest BCUT2D eigenvalue weighted by atomic mass is 35.5. The van der Waals surface area contributed by atoms with Crippen LogP contribution in [0.2, 0.25) is 5.02 Å². The van der Waals surface area contributed by atoms with E-state index < -0.39 is 29.2 Å². The first-order chi connectivity index (χ1) is 14.5. The second-order valence-corrected chi connectivity index (χ2v) is 9.46. The van der Waals surface area contributed by atoms with Crippen LogP contribution in [0.25, 0.3) is 0 Å². The van der Waals surface area contributed by atoms with Crippen molar-refractivity contribution in [2.45, 2.75) is 77.1 Å². The molecule has 1 heterocycles. The summed E-state index contributed by atoms with van der Waals surface area (Å²) in [6, 6.07) is 2.75. The minimum atomic E-state index is -0.760. The van der Waals surface area contributed by atoms with Gasteiger partial charge in [0.15, 0.2) is 0 Å². The molecule has 2 aliphatic rings. The highest BCUT2D eigenvalue weighted by Gasteiger charge is 2.48. The van der Waals surface area contributed by atoms with Crippen molar-refractivity contribution < 1.29 is 23.9 Å². The number of imide groups is 1. The summed E-state index contributed by atoms with van der Waals surface area (Å²) < 4.78 is 5.37. The van der Waals surface area contributed by atoms with Gasteiger partial charge in [-0.2, -0.15) is 0 Å². The molecule has 1 unspecified atom stereocenters. The highest BCUT2D eigenvalue weighted by Crippen LogP contribution is 2.48. The van der Waals surface area contributed by atoms with Gasteiger partial charge in [-0.15, -0.1) is 0 Å². The molecule has 168 valence electrons. The molecule has 1 aromatic carbocycles. The number of hydrogen-bond acceptors (Lipinski definition) is 5. The molecule has 31 heavy (non-hydrogen) atoms. The zero-order valence-corrected chi connectivity index (χ0v) is 19.0. The third-order valence-electron chi connectivity index (χ3n) is 5.50. The zero-order chi connectivity index (χ0) is 23.0. The van der Waals surface area contributed by atoms with E-state index >= 15 is 0 Å². The summed E-state index contributed by atoms with van der Waals surface area (Å²) in [5, 5.41) is 5.47. The van der Waals surface area contributed by atoms with Gasteiger partial charge in [-0.3, -0.25) is 19.7 Å². The lowest BCUT2D eigenvalue weighted by molar-refractivity contribution is -0.129. The van der Waals surface area contributed by atoms with E-state index in [1.807, 2.05) is 6.92 Å². The molecule has 1 atom stereocenters. The van der Waals surface area contributed by atoms with E-state index in [9.17, 15) is 19.2 Å². The van der Waals surface area contributed by atoms with E-state index in [1.54, 1.807) is 32.9 Å². The van der Waals surface area contributed by atoms with Gasteiger partial charge in [-0.05, 0) is 57.7 Å². The molecule has 1 fully saturated rings. The SMILES string of the molecule is CCCC(C(=O)NC=O)N1Cc2c(Cl)cc(C3(NC(=O)OC(C)(C)C)CC3)cc2C1=O. The molecule has 3 rings (SSSR count). The fourth-order valence-electron chi connectivity index (χ4n) is 3.88. The molecule has 1 aromatic rings. The molecule has 0 spiro atoms. The summed E-state index contributed by atoms with van der Waals surface area (Å²) in [4.78, 5) is 50.0. The second-order valence-electron chi connectivity index (χ2n) is 9.06. The van der Waals surface area contributed by atoms with Crippen molar-refractivity contribution in [2.24, 2.45) is 0 Å². The van der Waals surface area contributed by atoms with Crippen LogP contribution in [0.15, 0.2) is 12.1 Å². The van der Waals surface area contributed by atoms with Crippen LogP contribution in [0.3, 0.4) is 0 Å². The number of carbonyl (C=O) groups excluding carboxylic acids is 4. The van der Waals surface area contributed by atoms with Crippen molar-refractivity contribution in [3.05, 3.63) is 33.8 Å². The number of nitrogens with one attached hydrogen (secondary N) is 2. The Balaban J connectivity index is 1.86. The Kier molecular flexibility index (Phi) is 6.32. The van der Waals surface area contributed by atoms with E-state index in [-0.39, 0.29) is 12.5 Å². The molecular formula is C22H28ClN3O5. The average Bonchev–Trinajstić information content (AvgIpc) is 3.36. The monoisotopic (exact) mass is 449 g/mol. The van der Waals surface area contributed by atoms with E-state index in [0.29, 0.717) is 48.2 Å². The van der Waals surface area contributed by atoms with Crippen molar-refractivity contribution in [1.29, 1.82) is 0 Å². The fraction of sp³-hybridized carbons (Fsp3) is 0.545. The molecule has 0 radical (unpaired) electrons. The van der Waals surface area contributed by atoms with Crippen LogP contribution in [-0.4, -0.2) is 40.9 Å². The summed E-state index contributed by atoms with van der Waals surface area (Å²) in [5.74, 6) is -0.828. The third kappa shape index (κ3) is 4.84. The molecular weight excluding hydrogens is 422 g/mol. The van der Waals surface area contributed by atoms with Gasteiger partial charge in [0, 0.05) is 22.7 Å². The zero-order valence-electron chi connectivity index (χ0n) is 18.2. The Morgan fingerprint density at radius 2 is 2.00 bits per heavy atom. The molecule has 1 aliphatic heterocycles. The number of amides is 4. The van der Waals surface area contributed by atoms with Crippen molar-refractivity contribution in [2.75, 3.05) is 0 Å². The average molecular weight is 450 g/mol. The van der Waals surface area contributed by atoms with Crippen molar-refractivity contribution in [1.82, 2.24) is 15.5 Å². The van der Waals surface area contributed by atoms with Crippen LogP contribution in [0, 0.1) is 0 Å². The van der Waals surface area contributed by atoms with Gasteiger partial charge in [0.05, 0.1) is 5.54 Å². The maximum absolute atomic E-state index is 13.2. The summed E-state index contributed by atoms with van der Waals surface area (Å²) >= 11 is 6.53. The van der Waals surface area contributed by atoms with Crippen LogP contribution in [0.5, 0.6) is 0 Å². The topological polar surface area (TPSA) is 105 Å². The number of ether oxygens (including phenoxy) is 1. The number of nitrogens with zero attached hydrogens (tertiary/aromatic N) is 1. The van der Waals surface area contributed by atoms with E-state index in [4.69, 9.17) is 16.3 Å². The maximum atomic E-state index is 13.2. The first-order valence-electron chi connectivity index (χ1n) is 10.4. The Morgan fingerprint density at radius 3 is 2.55 bits per heavy atom. The number of hydrogen-bond donors (Lipinski definition) is 2. The van der Waals surface area contributed by atoms with Gasteiger partial charge in [0.25, 0.3) is 5.91 Å². The molecule has 2 N–H and O–H groups in total. The number of benzene rings is 1. The normalized spacial score (nSPS) is 17.6. The molecule has 8 nitrogen and oxygen atoms in total. The Labute approximate surface area is 186 Å². The first-order valence-corrected chi connectivity index (χ1v) is 10.8. The summed E-state index contributed by atoms with van der Waals surface area (Å²) in [6.07, 6.45) is 2.30. The molecule has 9 heteroatoms. The number of fused-ring (bicyclic) bond motifs is 1. The van der Waals surface area contributed by atoms with Crippen molar-refractivity contribution in [3.63, 3.8) is 0 Å². The van der Waals surface area contributed by atoms with E-state index in [0.717, 1.165) is 5.56 Å². The molecule has 0 aromatic heterocycles. The smallest absolute Gasteiger partial charge is 0.408 e. The number of carbonyl (C=O) groups is 4. The lowest BCUT2D eigenvalue weighted by atomic mass is 9.99. The number of alkyl carbamates (subject to hydrolysis) is 1. The quantitative estimate of drug-likeness (QED) is 0.621. The predicted octanol–water partition coefficient (Wildman–Crippen LogP) is 3.25. The van der Waals surface area contributed by atoms with E-state index in [2.05, 4.69) is 10.6 Å². The lowest BCUT2D eigenvalue weighted by Crippen LogP contribution is -2.46. The molecule has 0 saturated heterocycles. The number of halogens is 1. The standard InChI is InChI=1S/C22H28ClN3O5/c1-5-6-17(18(28)24-12-27)26-11-15-14(19(26)29)9-13(10-16(15)23)22(7-8-22)25-20(30)31-21(2,3)4/h9-10,12,17H,5-8,11H2,1-4H3,(H,25,30)(H,24,27,28). The van der Waals surface area contributed by atoms with Crippen LogP contribution >= 0.6 is 11.6 Å². The third-order valence-corrected chi connectivity index (χ3v) is 5.84. The van der Waals surface area contributed by atoms with Crippen molar-refractivity contribution >= 4 is 35.9 Å². The molecule has 1 saturated carbocycles. The van der Waals surface area contributed by atoms with Gasteiger partial charge in [0.2, 0.25) is 12.3 Å². The van der Waals surface area contributed by atoms with Gasteiger partial charge in [-0.1, -0.05) is 24.9 Å². The minimum absolute atomic E-state index is 0.191. The summed E-state index contributed by atoms with van der Waals surface area (Å²) in [6.45, 7) is 7.47. The Bertz CT molecular complexity index is 920. The van der Waals surface area contributed by atoms with Gasteiger partial charge < -0.3 is 15.0 Å². The number of rotatable bonds is 7. The molecule has 0 bridgehead atoms. The summed E-state index contributed by atoms with van der Waals surface area (Å²) in [5.41, 5.74) is 0.555. The fourth-order valence-corrected chi connectivity index (χ4v) is 4.16. The summed E-state index contributed by atoms with van der Waals surface area (Å²) in [7, 11) is 0. The lowest BCUT2D eigenvalue weighted by Gasteiger charge is -2.25.